The highest BCUT2D eigenvalue weighted by atomic mass is 32.2. The molecule has 0 unspecified atom stereocenters. The second-order valence-electron chi connectivity index (χ2n) is 8.11. The molecule has 2 aromatic rings. The van der Waals surface area contributed by atoms with E-state index in [-0.39, 0.29) is 0 Å². The third-order valence-electron chi connectivity index (χ3n) is 6.32. The van der Waals surface area contributed by atoms with Crippen molar-refractivity contribution in [1.29, 1.82) is 0 Å². The summed E-state index contributed by atoms with van der Waals surface area (Å²) in [5.74, 6) is 2.79. The molecule has 2 fully saturated rings. The highest BCUT2D eigenvalue weighted by molar-refractivity contribution is 8.06. The Labute approximate surface area is 204 Å². The van der Waals surface area contributed by atoms with E-state index >= 15 is 0 Å². The van der Waals surface area contributed by atoms with Crippen molar-refractivity contribution >= 4 is 48.4 Å². The van der Waals surface area contributed by atoms with Gasteiger partial charge >= 0.3 is 0 Å². The van der Waals surface area contributed by atoms with Crippen LogP contribution >= 0.6 is 23.5 Å². The molecule has 5 nitrogen and oxygen atoms in total. The van der Waals surface area contributed by atoms with Crippen LogP contribution in [0.25, 0.3) is 0 Å². The van der Waals surface area contributed by atoms with Crippen molar-refractivity contribution in [1.82, 2.24) is 5.32 Å². The largest absolute Gasteiger partial charge is 0.323 e. The summed E-state index contributed by atoms with van der Waals surface area (Å²) >= 11 is 3.75. The second-order valence-corrected chi connectivity index (χ2v) is 10.2. The number of imide groups is 1. The topological polar surface area (TPSA) is 66.5 Å². The number of carbonyl (C=O) groups excluding carboxylic acids is 3. The summed E-state index contributed by atoms with van der Waals surface area (Å²) < 4.78 is 0. The van der Waals surface area contributed by atoms with E-state index in [1.165, 1.54) is 30.6 Å². The number of nitrogens with zero attached hydrogens (tertiary/aromatic N) is 1. The molecular weight excluding hydrogens is 452 g/mol. The quantitative estimate of drug-likeness (QED) is 0.566. The van der Waals surface area contributed by atoms with Gasteiger partial charge in [0, 0.05) is 10.2 Å². The first kappa shape index (κ1) is 25.1. The molecule has 1 heterocycles. The molecule has 2 bridgehead atoms. The molecule has 2 saturated carbocycles. The molecule has 3 amide bonds. The van der Waals surface area contributed by atoms with Crippen LogP contribution in [0, 0.1) is 17.8 Å². The van der Waals surface area contributed by atoms with E-state index < -0.39 is 0 Å². The van der Waals surface area contributed by atoms with Gasteiger partial charge in [0.25, 0.3) is 0 Å². The Kier molecular flexibility index (Phi) is 10.1. The number of anilines is 1. The molecule has 1 N–H and O–H groups in total. The van der Waals surface area contributed by atoms with E-state index in [1.54, 1.807) is 24.3 Å². The van der Waals surface area contributed by atoms with Gasteiger partial charge in [-0.05, 0) is 61.8 Å². The predicted molar refractivity (Wildman–Crippen MR) is 138 cm³/mol. The molecule has 0 saturated heterocycles. The van der Waals surface area contributed by atoms with Crippen LogP contribution in [-0.4, -0.2) is 30.7 Å². The summed E-state index contributed by atoms with van der Waals surface area (Å²) in [5.41, 5.74) is 0.581. The third kappa shape index (κ3) is 6.74. The molecule has 2 aromatic carbocycles. The Morgan fingerprint density at radius 1 is 0.909 bits per heavy atom. The predicted octanol–water partition coefficient (Wildman–Crippen LogP) is 5.31. The average Bonchev–Trinajstić information content (AvgIpc) is 3.50. The van der Waals surface area contributed by atoms with E-state index in [9.17, 15) is 14.4 Å². The highest BCUT2D eigenvalue weighted by Crippen LogP contribution is 2.59. The van der Waals surface area contributed by atoms with Crippen LogP contribution in [0.1, 0.15) is 25.7 Å². The number of allylic oxidation sites excluding steroid dienone is 1. The van der Waals surface area contributed by atoms with Crippen LogP contribution in [0.2, 0.25) is 0 Å². The fourth-order valence-corrected chi connectivity index (χ4v) is 7.34. The Morgan fingerprint density at radius 3 is 2.03 bits per heavy atom. The van der Waals surface area contributed by atoms with Gasteiger partial charge in [0.2, 0.25) is 19.2 Å². The molecule has 0 radical (unpaired) electrons. The monoisotopic (exact) mass is 482 g/mol. The van der Waals surface area contributed by atoms with Gasteiger partial charge in [0.1, 0.15) is 0 Å². The second kappa shape index (κ2) is 13.3. The smallest absolute Gasteiger partial charge is 0.220 e. The Bertz CT molecular complexity index is 889. The van der Waals surface area contributed by atoms with E-state index in [4.69, 9.17) is 0 Å². The lowest BCUT2D eigenvalue weighted by atomic mass is 9.85. The van der Waals surface area contributed by atoms with Crippen LogP contribution in [0.5, 0.6) is 0 Å². The van der Waals surface area contributed by atoms with Gasteiger partial charge < -0.3 is 5.32 Å². The zero-order valence-corrected chi connectivity index (χ0v) is 20.3. The minimum atomic E-state index is 0.475. The van der Waals surface area contributed by atoms with Crippen molar-refractivity contribution in [3.05, 3.63) is 76.7 Å². The van der Waals surface area contributed by atoms with Gasteiger partial charge in [-0.2, -0.15) is 0 Å². The molecule has 33 heavy (non-hydrogen) atoms. The number of hydrogen-bond acceptors (Lipinski definition) is 5. The fraction of sp³-hybridized carbons (Fsp3) is 0.346. The number of rotatable bonds is 6. The van der Waals surface area contributed by atoms with Crippen molar-refractivity contribution in [2.45, 2.75) is 30.9 Å². The molecule has 1 aliphatic heterocycles. The molecule has 0 spiro atoms. The molecule has 4 atom stereocenters. The molecule has 7 heteroatoms. The maximum absolute atomic E-state index is 10.6. The van der Waals surface area contributed by atoms with E-state index in [0.717, 1.165) is 39.3 Å². The van der Waals surface area contributed by atoms with Gasteiger partial charge in [0.15, 0.2) is 0 Å². The summed E-state index contributed by atoms with van der Waals surface area (Å²) in [5, 5.41) is 4.82. The van der Waals surface area contributed by atoms with Gasteiger partial charge in [-0.1, -0.05) is 54.6 Å². The minimum absolute atomic E-state index is 0.475. The standard InChI is InChI=1S/C12H17NOS2.C8H7NO2.C6H6/c1-15-10-5-9-7-2-3-8(4-7)11(9)16-12(10)13-6-14;10-6-9(7-11)8-4-2-1-3-5-8;1-2-4-6-5-3-1/h6-9,11H,2-5H2,1H3,(H,13,14);1-7H;1-6H/t7-,8+,9+,11-;;/m0../s1. The fourth-order valence-electron chi connectivity index (χ4n) is 4.81. The zero-order valence-electron chi connectivity index (χ0n) is 18.7. The summed E-state index contributed by atoms with van der Waals surface area (Å²) in [6, 6.07) is 20.7. The minimum Gasteiger partial charge on any atom is -0.323 e. The van der Waals surface area contributed by atoms with Gasteiger partial charge in [-0.25, -0.2) is 0 Å². The molecule has 174 valence electrons. The third-order valence-corrected chi connectivity index (χ3v) is 8.92. The lowest BCUT2D eigenvalue weighted by Crippen LogP contribution is -2.30. The average molecular weight is 483 g/mol. The number of hydrogen-bond donors (Lipinski definition) is 1. The summed E-state index contributed by atoms with van der Waals surface area (Å²) in [6.07, 6.45) is 9.41. The summed E-state index contributed by atoms with van der Waals surface area (Å²) in [6.45, 7) is 0. The van der Waals surface area contributed by atoms with Crippen LogP contribution in [0.15, 0.2) is 76.7 Å². The Balaban J connectivity index is 0.000000156. The number of thioether (sulfide) groups is 2. The zero-order chi connectivity index (χ0) is 23.5. The lowest BCUT2D eigenvalue weighted by Gasteiger charge is -2.36. The van der Waals surface area contributed by atoms with Crippen molar-refractivity contribution in [2.24, 2.45) is 17.8 Å². The van der Waals surface area contributed by atoms with Crippen LogP contribution in [-0.2, 0) is 14.4 Å². The maximum Gasteiger partial charge on any atom is 0.220 e. The number of carbonyl (C=O) groups is 3. The van der Waals surface area contributed by atoms with Crippen LogP contribution in [0.4, 0.5) is 5.69 Å². The van der Waals surface area contributed by atoms with E-state index in [1.807, 2.05) is 66.0 Å². The molecule has 0 aromatic heterocycles. The first-order chi connectivity index (χ1) is 16.2. The lowest BCUT2D eigenvalue weighted by molar-refractivity contribution is -0.114. The Morgan fingerprint density at radius 2 is 1.48 bits per heavy atom. The molecular formula is C26H30N2O3S2. The van der Waals surface area contributed by atoms with Gasteiger partial charge in [-0.3, -0.25) is 19.3 Å². The summed E-state index contributed by atoms with van der Waals surface area (Å²) in [4.78, 5) is 33.4. The van der Waals surface area contributed by atoms with Crippen LogP contribution in [0.3, 0.4) is 0 Å². The number of amides is 3. The van der Waals surface area contributed by atoms with Crippen LogP contribution < -0.4 is 10.2 Å². The normalized spacial score (nSPS) is 24.3. The number of fused-ring (bicyclic) bond motifs is 5. The first-order valence-corrected chi connectivity index (χ1v) is 13.2. The van der Waals surface area contributed by atoms with Crippen molar-refractivity contribution in [3.8, 4) is 0 Å². The highest BCUT2D eigenvalue weighted by Gasteiger charge is 2.50. The van der Waals surface area contributed by atoms with Gasteiger partial charge in [0.05, 0.1) is 10.7 Å². The van der Waals surface area contributed by atoms with Gasteiger partial charge in [-0.15, -0.1) is 23.5 Å². The first-order valence-electron chi connectivity index (χ1n) is 11.1. The molecule has 2 aliphatic carbocycles. The summed E-state index contributed by atoms with van der Waals surface area (Å²) in [7, 11) is 0. The number of benzene rings is 2. The maximum atomic E-state index is 10.6. The SMILES string of the molecule is CSC1=C(NC=O)S[C@H]2[C@@H]3CC[C@@H](C3)[C@H]2C1.O=CN(C=O)c1ccccc1.c1ccccc1. The Hall–Kier alpha value is -2.51. The van der Waals surface area contributed by atoms with Crippen molar-refractivity contribution in [2.75, 3.05) is 11.2 Å². The van der Waals surface area contributed by atoms with E-state index in [2.05, 4.69) is 11.6 Å². The molecule has 3 aliphatic rings. The molecule has 5 rings (SSSR count). The van der Waals surface area contributed by atoms with Crippen molar-refractivity contribution in [3.63, 3.8) is 0 Å². The van der Waals surface area contributed by atoms with Crippen molar-refractivity contribution < 1.29 is 14.4 Å². The van der Waals surface area contributed by atoms with E-state index in [0.29, 0.717) is 18.5 Å². The number of nitrogens with one attached hydrogen (secondary N) is 1. The number of para-hydroxylation sites is 1.